The predicted octanol–water partition coefficient (Wildman–Crippen LogP) is 4.15. The van der Waals surface area contributed by atoms with E-state index in [1.165, 1.54) is 23.1 Å². The van der Waals surface area contributed by atoms with E-state index >= 15 is 0 Å². The number of aryl methyl sites for hydroxylation is 3. The summed E-state index contributed by atoms with van der Waals surface area (Å²) in [5.74, 6) is -0.411. The average Bonchev–Trinajstić information content (AvgIpc) is 3.52. The van der Waals surface area contributed by atoms with E-state index in [-0.39, 0.29) is 11.6 Å². The number of rotatable bonds is 7. The van der Waals surface area contributed by atoms with Crippen LogP contribution < -0.4 is 16.2 Å². The number of amides is 3. The number of thioether (sulfide) groups is 1. The van der Waals surface area contributed by atoms with E-state index in [4.69, 9.17) is 4.98 Å². The molecule has 2 aromatic heterocycles. The van der Waals surface area contributed by atoms with Gasteiger partial charge in [0.2, 0.25) is 5.91 Å². The normalized spacial score (nSPS) is 14.3. The van der Waals surface area contributed by atoms with Crippen LogP contribution in [0.5, 0.6) is 0 Å². The Labute approximate surface area is 201 Å². The Morgan fingerprint density at radius 3 is 2.58 bits per heavy atom. The third-order valence-electron chi connectivity index (χ3n) is 5.70. The number of imide groups is 1. The lowest BCUT2D eigenvalue weighted by Gasteiger charge is -2.16. The maximum absolute atomic E-state index is 13.6. The van der Waals surface area contributed by atoms with Gasteiger partial charge in [-0.15, -0.1) is 11.3 Å². The van der Waals surface area contributed by atoms with E-state index < -0.39 is 17.2 Å². The topological polar surface area (TPSA) is 93.1 Å². The second-order valence-corrected chi connectivity index (χ2v) is 10.8. The lowest BCUT2D eigenvalue weighted by atomic mass is 10.1. The molecule has 3 amide bonds. The number of fused-ring (bicyclic) bond motifs is 1. The van der Waals surface area contributed by atoms with E-state index in [0.29, 0.717) is 21.9 Å². The summed E-state index contributed by atoms with van der Waals surface area (Å²) >= 11 is 2.72. The quantitative estimate of drug-likeness (QED) is 0.388. The van der Waals surface area contributed by atoms with Crippen molar-refractivity contribution in [1.29, 1.82) is 0 Å². The molecule has 1 unspecified atom stereocenters. The fraction of sp³-hybridized carbons (Fsp3) is 0.417. The zero-order chi connectivity index (χ0) is 23.7. The zero-order valence-corrected chi connectivity index (χ0v) is 20.9. The number of carbonyl (C=O) groups excluding carboxylic acids is 2. The van der Waals surface area contributed by atoms with Crippen molar-refractivity contribution in [2.24, 2.45) is 0 Å². The van der Waals surface area contributed by atoms with Gasteiger partial charge in [0.25, 0.3) is 5.56 Å². The highest BCUT2D eigenvalue weighted by molar-refractivity contribution is 8.00. The van der Waals surface area contributed by atoms with Crippen LogP contribution >= 0.6 is 23.1 Å². The van der Waals surface area contributed by atoms with Gasteiger partial charge in [0.1, 0.15) is 4.83 Å². The Bertz CT molecular complexity index is 1260. The first-order valence-electron chi connectivity index (χ1n) is 11.1. The average molecular weight is 485 g/mol. The van der Waals surface area contributed by atoms with Crippen LogP contribution in [0.15, 0.2) is 34.2 Å². The summed E-state index contributed by atoms with van der Waals surface area (Å²) in [4.78, 5) is 44.8. The smallest absolute Gasteiger partial charge is 0.321 e. The minimum absolute atomic E-state index is 0.101. The summed E-state index contributed by atoms with van der Waals surface area (Å²) in [6.07, 6.45) is 2.73. The van der Waals surface area contributed by atoms with E-state index in [1.807, 2.05) is 38.1 Å². The summed E-state index contributed by atoms with van der Waals surface area (Å²) in [6.45, 7) is 8.13. The fourth-order valence-corrected chi connectivity index (χ4v) is 5.63. The molecule has 4 rings (SSSR count). The largest absolute Gasteiger partial charge is 0.335 e. The summed E-state index contributed by atoms with van der Waals surface area (Å²) in [6, 6.07) is 7.71. The second kappa shape index (κ2) is 9.69. The first-order valence-corrected chi connectivity index (χ1v) is 12.8. The van der Waals surface area contributed by atoms with Gasteiger partial charge < -0.3 is 5.32 Å². The molecule has 0 radical (unpaired) electrons. The van der Waals surface area contributed by atoms with Crippen LogP contribution in [-0.4, -0.2) is 32.8 Å². The summed E-state index contributed by atoms with van der Waals surface area (Å²) in [5, 5.41) is 5.67. The van der Waals surface area contributed by atoms with Crippen LogP contribution in [0.3, 0.4) is 0 Å². The van der Waals surface area contributed by atoms with Crippen molar-refractivity contribution in [1.82, 2.24) is 20.2 Å². The molecular formula is C24H28N4O3S2. The number of nitrogens with zero attached hydrogens (tertiary/aromatic N) is 2. The standard InChI is InChI=1S/C24H28N4O3S2/c1-5-18-14(3)19-21(33-18)27-24(28(22(19)30)12-16-8-6-13(2)7-9-16)32-15(4)20(29)26-23(31)25-17-10-11-17/h6-9,15,17H,5,10-12H2,1-4H3,(H2,25,26,29,31). The molecule has 9 heteroatoms. The van der Waals surface area contributed by atoms with Gasteiger partial charge in [0, 0.05) is 10.9 Å². The van der Waals surface area contributed by atoms with E-state index in [0.717, 1.165) is 40.8 Å². The summed E-state index contributed by atoms with van der Waals surface area (Å²) < 4.78 is 1.64. The van der Waals surface area contributed by atoms with Gasteiger partial charge in [-0.2, -0.15) is 0 Å². The Balaban J connectivity index is 1.67. The number of hydrogen-bond acceptors (Lipinski definition) is 6. The highest BCUT2D eigenvalue weighted by Gasteiger charge is 2.26. The van der Waals surface area contributed by atoms with Crippen LogP contribution in [0.1, 0.15) is 48.3 Å². The molecule has 1 aliphatic carbocycles. The highest BCUT2D eigenvalue weighted by Crippen LogP contribution is 2.31. The number of thiophene rings is 1. The van der Waals surface area contributed by atoms with Crippen molar-refractivity contribution < 1.29 is 9.59 Å². The van der Waals surface area contributed by atoms with Gasteiger partial charge in [-0.25, -0.2) is 9.78 Å². The van der Waals surface area contributed by atoms with Gasteiger partial charge in [0.05, 0.1) is 17.2 Å². The Hall–Kier alpha value is -2.65. The van der Waals surface area contributed by atoms with Crippen molar-refractivity contribution in [3.63, 3.8) is 0 Å². The molecule has 1 fully saturated rings. The van der Waals surface area contributed by atoms with Gasteiger partial charge in [0.15, 0.2) is 5.16 Å². The molecule has 1 atom stereocenters. The zero-order valence-electron chi connectivity index (χ0n) is 19.2. The number of urea groups is 1. The van der Waals surface area contributed by atoms with Crippen molar-refractivity contribution >= 4 is 45.3 Å². The summed E-state index contributed by atoms with van der Waals surface area (Å²) in [7, 11) is 0. The molecule has 2 heterocycles. The lowest BCUT2D eigenvalue weighted by molar-refractivity contribution is -0.119. The molecular weight excluding hydrogens is 456 g/mol. The maximum Gasteiger partial charge on any atom is 0.321 e. The number of aromatic nitrogens is 2. The minimum atomic E-state index is -0.602. The minimum Gasteiger partial charge on any atom is -0.335 e. The van der Waals surface area contributed by atoms with Gasteiger partial charge in [-0.3, -0.25) is 19.5 Å². The Morgan fingerprint density at radius 1 is 1.24 bits per heavy atom. The lowest BCUT2D eigenvalue weighted by Crippen LogP contribution is -2.43. The molecule has 1 aromatic carbocycles. The third kappa shape index (κ3) is 5.30. The van der Waals surface area contributed by atoms with Gasteiger partial charge in [-0.1, -0.05) is 48.5 Å². The van der Waals surface area contributed by atoms with Crippen LogP contribution in [0.25, 0.3) is 10.2 Å². The van der Waals surface area contributed by atoms with E-state index in [1.54, 1.807) is 11.5 Å². The van der Waals surface area contributed by atoms with Gasteiger partial charge >= 0.3 is 6.03 Å². The fourth-order valence-electron chi connectivity index (χ4n) is 3.56. The van der Waals surface area contributed by atoms with E-state index in [2.05, 4.69) is 17.6 Å². The SMILES string of the molecule is CCc1sc2nc(SC(C)C(=O)NC(=O)NC3CC3)n(Cc3ccc(C)cc3)c(=O)c2c1C. The molecule has 0 saturated heterocycles. The molecule has 174 valence electrons. The molecule has 1 saturated carbocycles. The number of nitrogens with one attached hydrogen (secondary N) is 2. The van der Waals surface area contributed by atoms with Gasteiger partial charge in [-0.05, 0) is 51.2 Å². The van der Waals surface area contributed by atoms with Crippen LogP contribution in [-0.2, 0) is 17.8 Å². The number of benzene rings is 1. The molecule has 0 spiro atoms. The predicted molar refractivity (Wildman–Crippen MR) is 133 cm³/mol. The van der Waals surface area contributed by atoms with E-state index in [9.17, 15) is 14.4 Å². The molecule has 3 aromatic rings. The van der Waals surface area contributed by atoms with Crippen molar-refractivity contribution in [2.45, 2.75) is 70.0 Å². The number of hydrogen-bond donors (Lipinski definition) is 2. The molecule has 33 heavy (non-hydrogen) atoms. The molecule has 2 N–H and O–H groups in total. The third-order valence-corrected chi connectivity index (χ3v) is 8.12. The Kier molecular flexibility index (Phi) is 6.90. The molecule has 1 aliphatic rings. The maximum atomic E-state index is 13.6. The van der Waals surface area contributed by atoms with Crippen LogP contribution in [0.2, 0.25) is 0 Å². The Morgan fingerprint density at radius 2 is 1.94 bits per heavy atom. The van der Waals surface area contributed by atoms with Crippen LogP contribution in [0, 0.1) is 13.8 Å². The van der Waals surface area contributed by atoms with Crippen LogP contribution in [0.4, 0.5) is 4.79 Å². The number of carbonyl (C=O) groups is 2. The molecule has 7 nitrogen and oxygen atoms in total. The highest BCUT2D eigenvalue weighted by atomic mass is 32.2. The first-order chi connectivity index (χ1) is 15.8. The summed E-state index contributed by atoms with van der Waals surface area (Å²) in [5.41, 5.74) is 3.00. The molecule has 0 bridgehead atoms. The first kappa shape index (κ1) is 23.5. The van der Waals surface area contributed by atoms with Crippen molar-refractivity contribution in [2.75, 3.05) is 0 Å². The van der Waals surface area contributed by atoms with Crippen molar-refractivity contribution in [3.8, 4) is 0 Å². The monoisotopic (exact) mass is 484 g/mol. The van der Waals surface area contributed by atoms with Crippen molar-refractivity contribution in [3.05, 3.63) is 56.2 Å². The molecule has 0 aliphatic heterocycles. The second-order valence-electron chi connectivity index (χ2n) is 8.45.